The molecule has 6 nitrogen and oxygen atoms in total. The molecule has 0 bridgehead atoms. The second-order valence-electron chi connectivity index (χ2n) is 2.78. The van der Waals surface area contributed by atoms with Crippen LogP contribution in [0.4, 0.5) is 0 Å². The number of aliphatic hydroxyl groups excluding tert-OH is 1. The number of hydrogen-bond acceptors (Lipinski definition) is 5. The van der Waals surface area contributed by atoms with Crippen molar-refractivity contribution in [2.75, 3.05) is 13.2 Å². The molecule has 0 aromatic carbocycles. The molecule has 6 heteroatoms. The molecule has 0 saturated heterocycles. The van der Waals surface area contributed by atoms with Gasteiger partial charge in [-0.1, -0.05) is 11.1 Å². The second-order valence-corrected chi connectivity index (χ2v) is 2.78. The monoisotopic (exact) mass is 205 g/mol. The van der Waals surface area contributed by atoms with Gasteiger partial charge in [0.15, 0.2) is 0 Å². The number of aliphatic hydroxyl groups is 1. The van der Waals surface area contributed by atoms with Crippen LogP contribution < -0.4 is 5.32 Å². The maximum atomic E-state index is 8.84. The molecule has 78 valence electrons. The molecular weight excluding hydrogens is 194 g/mol. The first-order valence-electron chi connectivity index (χ1n) is 4.39. The van der Waals surface area contributed by atoms with Gasteiger partial charge in [0.05, 0.1) is 32.0 Å². The van der Waals surface area contributed by atoms with E-state index in [0.717, 1.165) is 0 Å². The Hall–Kier alpha value is -1.89. The first-order chi connectivity index (χ1) is 7.31. The van der Waals surface area contributed by atoms with Crippen molar-refractivity contribution < 1.29 is 5.11 Å². The second kappa shape index (κ2) is 5.76. The number of nitrogens with one attached hydrogen (secondary N) is 1. The van der Waals surface area contributed by atoms with Crippen molar-refractivity contribution in [3.63, 3.8) is 0 Å². The van der Waals surface area contributed by atoms with Crippen LogP contribution in [0.25, 0.3) is 0 Å². The van der Waals surface area contributed by atoms with Crippen molar-refractivity contribution >= 4 is 0 Å². The number of nitriles is 1. The van der Waals surface area contributed by atoms with Crippen LogP contribution in [0.2, 0.25) is 0 Å². The third kappa shape index (κ3) is 3.06. The van der Waals surface area contributed by atoms with E-state index in [1.165, 1.54) is 4.68 Å². The standard InChI is InChI=1S/C9H11N5O/c1-2-3-11-8(6-10)9-7-14(4-5-15)13-12-9/h1,7-8,11,15H,3-5H2. The van der Waals surface area contributed by atoms with Crippen molar-refractivity contribution in [2.45, 2.75) is 12.6 Å². The highest BCUT2D eigenvalue weighted by molar-refractivity contribution is 5.11. The molecular formula is C9H11N5O. The molecule has 15 heavy (non-hydrogen) atoms. The Morgan fingerprint density at radius 3 is 3.13 bits per heavy atom. The molecule has 2 N–H and O–H groups in total. The Morgan fingerprint density at radius 1 is 1.73 bits per heavy atom. The highest BCUT2D eigenvalue weighted by Gasteiger charge is 2.13. The SMILES string of the molecule is C#CCNC(C#N)c1cn(CCO)nn1. The molecule has 0 aliphatic carbocycles. The molecule has 0 spiro atoms. The summed E-state index contributed by atoms with van der Waals surface area (Å²) in [4.78, 5) is 0. The lowest BCUT2D eigenvalue weighted by Gasteiger charge is -2.03. The predicted molar refractivity (Wildman–Crippen MR) is 52.3 cm³/mol. The Bertz CT molecular complexity index is 386. The van der Waals surface area contributed by atoms with Crippen molar-refractivity contribution in [3.8, 4) is 18.4 Å². The van der Waals surface area contributed by atoms with Crippen LogP contribution >= 0.6 is 0 Å². The summed E-state index contributed by atoms with van der Waals surface area (Å²) in [6, 6.07) is 1.46. The van der Waals surface area contributed by atoms with Crippen LogP contribution in [0.3, 0.4) is 0 Å². The molecule has 0 aliphatic heterocycles. The van der Waals surface area contributed by atoms with E-state index in [-0.39, 0.29) is 6.61 Å². The van der Waals surface area contributed by atoms with Gasteiger partial charge in [0, 0.05) is 0 Å². The topological polar surface area (TPSA) is 86.8 Å². The van der Waals surface area contributed by atoms with E-state index in [2.05, 4.69) is 21.5 Å². The fourth-order valence-electron chi connectivity index (χ4n) is 1.03. The van der Waals surface area contributed by atoms with E-state index in [1.807, 2.05) is 6.07 Å². The Balaban J connectivity index is 2.67. The molecule has 1 atom stereocenters. The van der Waals surface area contributed by atoms with Gasteiger partial charge in [-0.25, -0.2) is 4.68 Å². The number of nitrogens with zero attached hydrogens (tertiary/aromatic N) is 4. The summed E-state index contributed by atoms with van der Waals surface area (Å²) in [5.41, 5.74) is 0.501. The largest absolute Gasteiger partial charge is 0.394 e. The molecule has 0 amide bonds. The van der Waals surface area contributed by atoms with Crippen LogP contribution in [-0.4, -0.2) is 33.3 Å². The summed E-state index contributed by atoms with van der Waals surface area (Å²) >= 11 is 0. The Morgan fingerprint density at radius 2 is 2.53 bits per heavy atom. The highest BCUT2D eigenvalue weighted by Crippen LogP contribution is 2.06. The van der Waals surface area contributed by atoms with E-state index in [1.54, 1.807) is 6.20 Å². The third-order valence-electron chi connectivity index (χ3n) is 1.72. The summed E-state index contributed by atoms with van der Waals surface area (Å²) in [7, 11) is 0. The summed E-state index contributed by atoms with van der Waals surface area (Å²) < 4.78 is 1.47. The third-order valence-corrected chi connectivity index (χ3v) is 1.72. The highest BCUT2D eigenvalue weighted by atomic mass is 16.3. The normalized spacial score (nSPS) is 11.7. The van der Waals surface area contributed by atoms with E-state index < -0.39 is 6.04 Å². The van der Waals surface area contributed by atoms with Crippen molar-refractivity contribution in [2.24, 2.45) is 0 Å². The summed E-state index contributed by atoms with van der Waals surface area (Å²) in [6.07, 6.45) is 6.67. The first-order valence-corrected chi connectivity index (χ1v) is 4.39. The lowest BCUT2D eigenvalue weighted by Crippen LogP contribution is -2.20. The van der Waals surface area contributed by atoms with Gasteiger partial charge in [-0.15, -0.1) is 11.5 Å². The van der Waals surface area contributed by atoms with Gasteiger partial charge in [0.2, 0.25) is 0 Å². The zero-order valence-corrected chi connectivity index (χ0v) is 8.09. The molecule has 1 unspecified atom stereocenters. The maximum absolute atomic E-state index is 8.84. The number of aromatic nitrogens is 3. The van der Waals surface area contributed by atoms with Crippen LogP contribution in [-0.2, 0) is 6.54 Å². The zero-order chi connectivity index (χ0) is 11.1. The molecule has 1 heterocycles. The molecule has 0 saturated carbocycles. The van der Waals surface area contributed by atoms with Gasteiger partial charge in [0.1, 0.15) is 11.7 Å². The molecule has 1 aromatic heterocycles. The fraction of sp³-hybridized carbons (Fsp3) is 0.444. The average Bonchev–Trinajstić information content (AvgIpc) is 2.68. The van der Waals surface area contributed by atoms with Gasteiger partial charge in [-0.3, -0.25) is 5.32 Å². The summed E-state index contributed by atoms with van der Waals surface area (Å²) in [6.45, 7) is 0.642. The predicted octanol–water partition coefficient (Wildman–Crippen LogP) is -0.942. The van der Waals surface area contributed by atoms with E-state index >= 15 is 0 Å². The molecule has 0 aliphatic rings. The minimum Gasteiger partial charge on any atom is -0.394 e. The zero-order valence-electron chi connectivity index (χ0n) is 8.09. The van der Waals surface area contributed by atoms with Gasteiger partial charge >= 0.3 is 0 Å². The maximum Gasteiger partial charge on any atom is 0.142 e. The van der Waals surface area contributed by atoms with Gasteiger partial charge < -0.3 is 5.11 Å². The van der Waals surface area contributed by atoms with Crippen LogP contribution in [0.1, 0.15) is 11.7 Å². The molecule has 0 radical (unpaired) electrons. The summed E-state index contributed by atoms with van der Waals surface area (Å²) in [5, 5.41) is 27.9. The van der Waals surface area contributed by atoms with Crippen molar-refractivity contribution in [1.82, 2.24) is 20.3 Å². The Labute approximate surface area is 87.5 Å². The number of rotatable bonds is 5. The molecule has 0 fully saturated rings. The minimum absolute atomic E-state index is 0.0161. The lowest BCUT2D eigenvalue weighted by molar-refractivity contribution is 0.268. The van der Waals surface area contributed by atoms with Crippen LogP contribution in [0, 0.1) is 23.7 Å². The minimum atomic E-state index is -0.562. The van der Waals surface area contributed by atoms with E-state index in [4.69, 9.17) is 16.8 Å². The van der Waals surface area contributed by atoms with Crippen LogP contribution in [0.5, 0.6) is 0 Å². The van der Waals surface area contributed by atoms with E-state index in [9.17, 15) is 0 Å². The average molecular weight is 205 g/mol. The van der Waals surface area contributed by atoms with Gasteiger partial charge in [-0.2, -0.15) is 5.26 Å². The molecule has 1 rings (SSSR count). The van der Waals surface area contributed by atoms with Gasteiger partial charge in [0.25, 0.3) is 0 Å². The fourth-order valence-corrected chi connectivity index (χ4v) is 1.03. The lowest BCUT2D eigenvalue weighted by atomic mass is 10.2. The van der Waals surface area contributed by atoms with Crippen LogP contribution in [0.15, 0.2) is 6.20 Å². The molecule has 1 aromatic rings. The van der Waals surface area contributed by atoms with Gasteiger partial charge in [-0.05, 0) is 0 Å². The van der Waals surface area contributed by atoms with Crippen molar-refractivity contribution in [3.05, 3.63) is 11.9 Å². The number of terminal acetylenes is 1. The van der Waals surface area contributed by atoms with Crippen molar-refractivity contribution in [1.29, 1.82) is 5.26 Å². The summed E-state index contributed by atoms with van der Waals surface area (Å²) in [5.74, 6) is 2.38. The smallest absolute Gasteiger partial charge is 0.142 e. The Kier molecular flexibility index (Phi) is 4.30. The van der Waals surface area contributed by atoms with E-state index in [0.29, 0.717) is 18.8 Å². The number of hydrogen-bond donors (Lipinski definition) is 2. The quantitative estimate of drug-likeness (QED) is 0.606. The first kappa shape index (κ1) is 11.2.